The molecule has 0 radical (unpaired) electrons. The number of aryl methyl sites for hydroxylation is 2. The molecule has 0 spiro atoms. The maximum atomic E-state index is 13.0. The van der Waals surface area contributed by atoms with E-state index in [0.717, 1.165) is 24.9 Å². The Hall–Kier alpha value is -1.82. The average Bonchev–Trinajstić information content (AvgIpc) is 3.42. The number of aromatic amines is 1. The highest BCUT2D eigenvalue weighted by atomic mass is 35.5. The molecule has 1 saturated carbocycles. The van der Waals surface area contributed by atoms with E-state index in [1.807, 2.05) is 0 Å². The molecular formula is C21H25Cl2N3O2. The smallest absolute Gasteiger partial charge is 0.277 e. The third kappa shape index (κ3) is 4.27. The molecule has 1 fully saturated rings. The Morgan fingerprint density at radius 1 is 1.32 bits per heavy atom. The molecule has 1 aromatic carbocycles. The first-order valence-corrected chi connectivity index (χ1v) is 10.1. The minimum Gasteiger partial charge on any atom is -0.299 e. The van der Waals surface area contributed by atoms with Gasteiger partial charge in [-0.25, -0.2) is 0 Å². The summed E-state index contributed by atoms with van der Waals surface area (Å²) in [5.74, 6) is -0.385. The number of nitrogens with one attached hydrogen (secondary N) is 1. The molecule has 1 heterocycles. The highest BCUT2D eigenvalue weighted by molar-refractivity contribution is 6.38. The molecule has 28 heavy (non-hydrogen) atoms. The third-order valence-corrected chi connectivity index (χ3v) is 5.83. The van der Waals surface area contributed by atoms with Gasteiger partial charge >= 0.3 is 0 Å². The summed E-state index contributed by atoms with van der Waals surface area (Å²) in [5.41, 5.74) is 2.56. The lowest BCUT2D eigenvalue weighted by Gasteiger charge is -2.22. The zero-order chi connectivity index (χ0) is 20.6. The maximum Gasteiger partial charge on any atom is 0.277 e. The van der Waals surface area contributed by atoms with E-state index in [4.69, 9.17) is 23.2 Å². The largest absolute Gasteiger partial charge is 0.299 e. The van der Waals surface area contributed by atoms with Gasteiger partial charge in [0.05, 0.1) is 5.02 Å². The predicted octanol–water partition coefficient (Wildman–Crippen LogP) is 4.49. The fourth-order valence-electron chi connectivity index (χ4n) is 3.29. The van der Waals surface area contributed by atoms with Crippen LogP contribution in [0.4, 0.5) is 0 Å². The third-order valence-electron chi connectivity index (χ3n) is 5.05. The maximum absolute atomic E-state index is 13.0. The average molecular weight is 422 g/mol. The SMILES string of the molecule is CC(C)=CCN(Cc1c(Cl)ccc(C(=O)c2c(C)[nH]n(C)c2=O)c1Cl)C1CC1. The summed E-state index contributed by atoms with van der Waals surface area (Å²) in [6, 6.07) is 3.80. The van der Waals surface area contributed by atoms with Crippen molar-refractivity contribution in [3.05, 3.63) is 66.6 Å². The molecule has 1 aliphatic carbocycles. The Balaban J connectivity index is 1.97. The van der Waals surface area contributed by atoms with E-state index in [1.54, 1.807) is 26.1 Å². The molecule has 0 amide bonds. The zero-order valence-corrected chi connectivity index (χ0v) is 18.1. The van der Waals surface area contributed by atoms with Crippen LogP contribution in [0.5, 0.6) is 0 Å². The number of hydrogen-bond donors (Lipinski definition) is 1. The Bertz CT molecular complexity index is 996. The summed E-state index contributed by atoms with van der Waals surface area (Å²) in [6.07, 6.45) is 4.49. The van der Waals surface area contributed by atoms with E-state index in [-0.39, 0.29) is 16.9 Å². The second-order valence-electron chi connectivity index (χ2n) is 7.63. The van der Waals surface area contributed by atoms with Gasteiger partial charge in [-0.15, -0.1) is 0 Å². The minimum atomic E-state index is -0.385. The molecule has 2 aromatic rings. The van der Waals surface area contributed by atoms with Crippen LogP contribution in [0.1, 0.15) is 53.9 Å². The molecule has 0 saturated heterocycles. The molecule has 0 atom stereocenters. The van der Waals surface area contributed by atoms with Gasteiger partial charge in [0, 0.05) is 48.0 Å². The quantitative estimate of drug-likeness (QED) is 0.529. The lowest BCUT2D eigenvalue weighted by atomic mass is 10.0. The number of ketones is 1. The van der Waals surface area contributed by atoms with E-state index in [2.05, 4.69) is 29.9 Å². The summed E-state index contributed by atoms with van der Waals surface area (Å²) in [4.78, 5) is 27.7. The van der Waals surface area contributed by atoms with Gasteiger partial charge in [-0.3, -0.25) is 24.3 Å². The topological polar surface area (TPSA) is 58.1 Å². The highest BCUT2D eigenvalue weighted by Crippen LogP contribution is 2.34. The Morgan fingerprint density at radius 3 is 2.54 bits per heavy atom. The Morgan fingerprint density at radius 2 is 2.00 bits per heavy atom. The van der Waals surface area contributed by atoms with Gasteiger partial charge in [0.2, 0.25) is 5.78 Å². The number of nitrogens with zero attached hydrogens (tertiary/aromatic N) is 2. The van der Waals surface area contributed by atoms with Crippen LogP contribution in [-0.2, 0) is 13.6 Å². The van der Waals surface area contributed by atoms with Crippen LogP contribution in [0.2, 0.25) is 10.0 Å². The van der Waals surface area contributed by atoms with Gasteiger partial charge in [-0.2, -0.15) is 0 Å². The van der Waals surface area contributed by atoms with Crippen molar-refractivity contribution in [2.75, 3.05) is 6.54 Å². The van der Waals surface area contributed by atoms with E-state index >= 15 is 0 Å². The standard InChI is InChI=1S/C21H25Cl2N3O2/c1-12(2)9-10-26(14-5-6-14)11-16-17(22)8-7-15(19(16)23)20(27)18-13(3)24-25(4)21(18)28/h7-9,14,24H,5-6,10-11H2,1-4H3. The molecule has 0 aliphatic heterocycles. The minimum absolute atomic E-state index is 0.112. The number of rotatable bonds is 7. The van der Waals surface area contributed by atoms with Gasteiger partial charge in [0.1, 0.15) is 5.56 Å². The first kappa shape index (κ1) is 20.9. The van der Waals surface area contributed by atoms with Gasteiger partial charge < -0.3 is 0 Å². The Labute approximate surface area is 174 Å². The van der Waals surface area contributed by atoms with Crippen LogP contribution >= 0.6 is 23.2 Å². The molecule has 0 bridgehead atoms. The number of allylic oxidation sites excluding steroid dienone is 1. The number of halogens is 2. The predicted molar refractivity (Wildman–Crippen MR) is 114 cm³/mol. The zero-order valence-electron chi connectivity index (χ0n) is 16.6. The van der Waals surface area contributed by atoms with Crippen LogP contribution in [0.25, 0.3) is 0 Å². The van der Waals surface area contributed by atoms with E-state index in [1.165, 1.54) is 10.3 Å². The number of carbonyl (C=O) groups is 1. The lowest BCUT2D eigenvalue weighted by molar-refractivity contribution is 0.103. The summed E-state index contributed by atoms with van der Waals surface area (Å²) in [7, 11) is 1.58. The van der Waals surface area contributed by atoms with Gasteiger partial charge in [-0.05, 0) is 45.7 Å². The Kier molecular flexibility index (Phi) is 6.18. The number of benzene rings is 1. The fraction of sp³-hybridized carbons (Fsp3) is 0.429. The molecule has 150 valence electrons. The first-order valence-electron chi connectivity index (χ1n) is 9.35. The van der Waals surface area contributed by atoms with Crippen molar-refractivity contribution in [1.82, 2.24) is 14.7 Å². The second kappa shape index (κ2) is 8.27. The first-order chi connectivity index (χ1) is 13.2. The molecule has 1 aliphatic rings. The van der Waals surface area contributed by atoms with Crippen LogP contribution in [-0.4, -0.2) is 33.1 Å². The molecule has 5 nitrogen and oxygen atoms in total. The van der Waals surface area contributed by atoms with Crippen LogP contribution in [0.15, 0.2) is 28.6 Å². The molecule has 1 aromatic heterocycles. The highest BCUT2D eigenvalue weighted by Gasteiger charge is 2.30. The molecule has 0 unspecified atom stereocenters. The van der Waals surface area contributed by atoms with Crippen molar-refractivity contribution < 1.29 is 4.79 Å². The van der Waals surface area contributed by atoms with Crippen molar-refractivity contribution in [2.45, 2.75) is 46.2 Å². The number of H-pyrrole nitrogens is 1. The normalized spacial score (nSPS) is 13.8. The molecule has 1 N–H and O–H groups in total. The van der Waals surface area contributed by atoms with E-state index in [0.29, 0.717) is 33.9 Å². The number of carbonyl (C=O) groups excluding carboxylic acids is 1. The summed E-state index contributed by atoms with van der Waals surface area (Å²) in [6.45, 7) is 7.23. The van der Waals surface area contributed by atoms with Crippen LogP contribution in [0, 0.1) is 6.92 Å². The van der Waals surface area contributed by atoms with Crippen molar-refractivity contribution >= 4 is 29.0 Å². The van der Waals surface area contributed by atoms with E-state index < -0.39 is 0 Å². The number of aromatic nitrogens is 2. The van der Waals surface area contributed by atoms with Crippen molar-refractivity contribution in [2.24, 2.45) is 7.05 Å². The van der Waals surface area contributed by atoms with Gasteiger partial charge in [0.25, 0.3) is 5.56 Å². The summed E-state index contributed by atoms with van der Waals surface area (Å²) < 4.78 is 1.29. The summed E-state index contributed by atoms with van der Waals surface area (Å²) in [5, 5.41) is 3.71. The van der Waals surface area contributed by atoms with E-state index in [9.17, 15) is 9.59 Å². The second-order valence-corrected chi connectivity index (χ2v) is 8.42. The van der Waals surface area contributed by atoms with Crippen molar-refractivity contribution in [3.63, 3.8) is 0 Å². The van der Waals surface area contributed by atoms with Gasteiger partial charge in [0.15, 0.2) is 0 Å². The number of hydrogen-bond acceptors (Lipinski definition) is 3. The van der Waals surface area contributed by atoms with Crippen molar-refractivity contribution in [1.29, 1.82) is 0 Å². The van der Waals surface area contributed by atoms with Crippen molar-refractivity contribution in [3.8, 4) is 0 Å². The molecule has 7 heteroatoms. The molecular weight excluding hydrogens is 397 g/mol. The van der Waals surface area contributed by atoms with Crippen LogP contribution < -0.4 is 5.56 Å². The monoisotopic (exact) mass is 421 g/mol. The molecule has 3 rings (SSSR count). The fourth-order valence-corrected chi connectivity index (χ4v) is 3.87. The summed E-state index contributed by atoms with van der Waals surface area (Å²) >= 11 is 13.1. The van der Waals surface area contributed by atoms with Crippen LogP contribution in [0.3, 0.4) is 0 Å². The van der Waals surface area contributed by atoms with Gasteiger partial charge in [-0.1, -0.05) is 34.9 Å². The lowest BCUT2D eigenvalue weighted by Crippen LogP contribution is -2.26.